The SMILES string of the molecule is CCOC(=O)c1cc(Br)c(-n2c(C)ccc2Cc2ccccc2)c(Br)c1. The zero-order valence-corrected chi connectivity index (χ0v) is 17.8. The zero-order chi connectivity index (χ0) is 18.7. The molecule has 0 radical (unpaired) electrons. The van der Waals surface area contributed by atoms with E-state index < -0.39 is 0 Å². The molecular formula is C21H19Br2NO2. The van der Waals surface area contributed by atoms with Gasteiger partial charge in [-0.15, -0.1) is 0 Å². The van der Waals surface area contributed by atoms with Gasteiger partial charge in [0.2, 0.25) is 0 Å². The molecule has 0 N–H and O–H groups in total. The third-order valence-corrected chi connectivity index (χ3v) is 5.35. The maximum Gasteiger partial charge on any atom is 0.338 e. The Morgan fingerprint density at radius 2 is 1.69 bits per heavy atom. The molecular weight excluding hydrogens is 458 g/mol. The van der Waals surface area contributed by atoms with Gasteiger partial charge in [0.05, 0.1) is 17.9 Å². The number of rotatable bonds is 5. The lowest BCUT2D eigenvalue weighted by Crippen LogP contribution is -2.08. The third-order valence-electron chi connectivity index (χ3n) is 4.14. The molecule has 0 aliphatic carbocycles. The molecule has 0 fully saturated rings. The van der Waals surface area contributed by atoms with Crippen molar-refractivity contribution in [2.45, 2.75) is 20.3 Å². The van der Waals surface area contributed by atoms with Crippen LogP contribution in [-0.4, -0.2) is 17.1 Å². The van der Waals surface area contributed by atoms with Crippen LogP contribution < -0.4 is 0 Å². The fourth-order valence-corrected chi connectivity index (χ4v) is 4.51. The molecule has 0 saturated heterocycles. The van der Waals surface area contributed by atoms with Crippen molar-refractivity contribution in [3.8, 4) is 5.69 Å². The van der Waals surface area contributed by atoms with E-state index in [-0.39, 0.29) is 5.97 Å². The number of carbonyl (C=O) groups is 1. The fourth-order valence-electron chi connectivity index (χ4n) is 2.97. The molecule has 5 heteroatoms. The number of aryl methyl sites for hydroxylation is 1. The molecule has 0 aliphatic heterocycles. The van der Waals surface area contributed by atoms with Crippen LogP contribution in [0.15, 0.2) is 63.5 Å². The van der Waals surface area contributed by atoms with Gasteiger partial charge in [-0.2, -0.15) is 0 Å². The van der Waals surface area contributed by atoms with E-state index in [0.717, 1.165) is 26.7 Å². The summed E-state index contributed by atoms with van der Waals surface area (Å²) in [6, 6.07) is 18.2. The Hall–Kier alpha value is -1.85. The van der Waals surface area contributed by atoms with E-state index in [0.29, 0.717) is 12.2 Å². The van der Waals surface area contributed by atoms with Crippen LogP contribution in [0.1, 0.15) is 34.2 Å². The van der Waals surface area contributed by atoms with Crippen molar-refractivity contribution >= 4 is 37.8 Å². The summed E-state index contributed by atoms with van der Waals surface area (Å²) < 4.78 is 8.99. The van der Waals surface area contributed by atoms with Crippen LogP contribution in [0.2, 0.25) is 0 Å². The molecule has 0 unspecified atom stereocenters. The van der Waals surface area contributed by atoms with E-state index in [1.54, 1.807) is 6.92 Å². The highest BCUT2D eigenvalue weighted by molar-refractivity contribution is 9.11. The molecule has 0 aliphatic rings. The van der Waals surface area contributed by atoms with Crippen molar-refractivity contribution < 1.29 is 9.53 Å². The molecule has 0 bridgehead atoms. The smallest absolute Gasteiger partial charge is 0.338 e. The number of carbonyl (C=O) groups excluding carboxylic acids is 1. The van der Waals surface area contributed by atoms with Gasteiger partial charge < -0.3 is 9.30 Å². The van der Waals surface area contributed by atoms with Gasteiger partial charge in [-0.3, -0.25) is 0 Å². The van der Waals surface area contributed by atoms with Crippen LogP contribution in [0.5, 0.6) is 0 Å². The zero-order valence-electron chi connectivity index (χ0n) is 14.6. The normalized spacial score (nSPS) is 10.8. The van der Waals surface area contributed by atoms with Gasteiger partial charge >= 0.3 is 5.97 Å². The van der Waals surface area contributed by atoms with Crippen LogP contribution >= 0.6 is 31.9 Å². The van der Waals surface area contributed by atoms with Gasteiger partial charge in [-0.25, -0.2) is 4.79 Å². The third kappa shape index (κ3) is 3.94. The molecule has 26 heavy (non-hydrogen) atoms. The fraction of sp³-hybridized carbons (Fsp3) is 0.190. The second-order valence-electron chi connectivity index (χ2n) is 5.97. The van der Waals surface area contributed by atoms with Crippen molar-refractivity contribution in [2.24, 2.45) is 0 Å². The Bertz CT molecular complexity index is 909. The number of benzene rings is 2. The molecule has 3 rings (SSSR count). The predicted octanol–water partition coefficient (Wildman–Crippen LogP) is 6.08. The summed E-state index contributed by atoms with van der Waals surface area (Å²) >= 11 is 7.27. The molecule has 0 amide bonds. The summed E-state index contributed by atoms with van der Waals surface area (Å²) in [6.45, 7) is 4.23. The summed E-state index contributed by atoms with van der Waals surface area (Å²) in [7, 11) is 0. The van der Waals surface area contributed by atoms with Crippen LogP contribution in [0, 0.1) is 6.92 Å². The first-order valence-corrected chi connectivity index (χ1v) is 9.97. The van der Waals surface area contributed by atoms with Gasteiger partial charge in [0.25, 0.3) is 0 Å². The summed E-state index contributed by atoms with van der Waals surface area (Å²) in [5.74, 6) is -0.325. The maximum atomic E-state index is 12.1. The first-order valence-electron chi connectivity index (χ1n) is 8.39. The van der Waals surface area contributed by atoms with Gasteiger partial charge in [-0.05, 0) is 75.5 Å². The Balaban J connectivity index is 2.04. The first kappa shape index (κ1) is 18.9. The number of aromatic nitrogens is 1. The van der Waals surface area contributed by atoms with Crippen molar-refractivity contribution in [3.63, 3.8) is 0 Å². The Morgan fingerprint density at radius 3 is 2.31 bits per heavy atom. The minimum absolute atomic E-state index is 0.325. The van der Waals surface area contributed by atoms with E-state index in [1.807, 2.05) is 18.2 Å². The molecule has 3 aromatic rings. The van der Waals surface area contributed by atoms with Crippen molar-refractivity contribution in [1.29, 1.82) is 0 Å². The molecule has 134 valence electrons. The summed E-state index contributed by atoms with van der Waals surface area (Å²) in [6.07, 6.45) is 0.827. The molecule has 1 heterocycles. The summed E-state index contributed by atoms with van der Waals surface area (Å²) in [4.78, 5) is 12.1. The highest BCUT2D eigenvalue weighted by Gasteiger charge is 2.18. The standard InChI is InChI=1S/C21H19Br2NO2/c1-3-26-21(25)16-12-18(22)20(19(23)13-16)24-14(2)9-10-17(24)11-15-7-5-4-6-8-15/h4-10,12-13H,3,11H2,1-2H3. The minimum atomic E-state index is -0.325. The molecule has 0 atom stereocenters. The van der Waals surface area contributed by atoms with Crippen molar-refractivity contribution in [1.82, 2.24) is 4.57 Å². The lowest BCUT2D eigenvalue weighted by Gasteiger charge is -2.17. The molecule has 2 aromatic carbocycles. The Kier molecular flexibility index (Phi) is 5.99. The molecule has 0 spiro atoms. The number of esters is 1. The van der Waals surface area contributed by atoms with Crippen molar-refractivity contribution in [2.75, 3.05) is 6.61 Å². The number of nitrogens with zero attached hydrogens (tertiary/aromatic N) is 1. The quantitative estimate of drug-likeness (QED) is 0.418. The monoisotopic (exact) mass is 475 g/mol. The number of halogens is 2. The van der Waals surface area contributed by atoms with E-state index in [1.165, 1.54) is 11.3 Å². The number of ether oxygens (including phenoxy) is 1. The van der Waals surface area contributed by atoms with Gasteiger partial charge in [-0.1, -0.05) is 30.3 Å². The average molecular weight is 477 g/mol. The maximum absolute atomic E-state index is 12.1. The Morgan fingerprint density at radius 1 is 1.04 bits per heavy atom. The topological polar surface area (TPSA) is 31.2 Å². The van der Waals surface area contributed by atoms with E-state index in [9.17, 15) is 4.79 Å². The first-order chi connectivity index (χ1) is 12.5. The second kappa shape index (κ2) is 8.23. The van der Waals surface area contributed by atoms with Gasteiger partial charge in [0, 0.05) is 26.8 Å². The molecule has 3 nitrogen and oxygen atoms in total. The summed E-state index contributed by atoms with van der Waals surface area (Å²) in [5.41, 5.74) is 5.05. The van der Waals surface area contributed by atoms with Gasteiger partial charge in [0.1, 0.15) is 0 Å². The Labute approximate surface area is 170 Å². The minimum Gasteiger partial charge on any atom is -0.462 e. The largest absolute Gasteiger partial charge is 0.462 e. The van der Waals surface area contributed by atoms with Crippen LogP contribution in [-0.2, 0) is 11.2 Å². The lowest BCUT2D eigenvalue weighted by molar-refractivity contribution is 0.0526. The number of hydrogen-bond donors (Lipinski definition) is 0. The summed E-state index contributed by atoms with van der Waals surface area (Å²) in [5, 5.41) is 0. The highest BCUT2D eigenvalue weighted by Crippen LogP contribution is 2.34. The van der Waals surface area contributed by atoms with E-state index in [2.05, 4.69) is 79.7 Å². The van der Waals surface area contributed by atoms with Crippen LogP contribution in [0.4, 0.5) is 0 Å². The van der Waals surface area contributed by atoms with E-state index >= 15 is 0 Å². The van der Waals surface area contributed by atoms with Crippen molar-refractivity contribution in [3.05, 3.63) is 86.1 Å². The number of hydrogen-bond acceptors (Lipinski definition) is 2. The second-order valence-corrected chi connectivity index (χ2v) is 7.68. The lowest BCUT2D eigenvalue weighted by atomic mass is 10.1. The predicted molar refractivity (Wildman–Crippen MR) is 111 cm³/mol. The molecule has 0 saturated carbocycles. The molecule has 1 aromatic heterocycles. The van der Waals surface area contributed by atoms with Crippen LogP contribution in [0.25, 0.3) is 5.69 Å². The van der Waals surface area contributed by atoms with Gasteiger partial charge in [0.15, 0.2) is 0 Å². The van der Waals surface area contributed by atoms with E-state index in [4.69, 9.17) is 4.74 Å². The van der Waals surface area contributed by atoms with Crippen LogP contribution in [0.3, 0.4) is 0 Å². The average Bonchev–Trinajstić information content (AvgIpc) is 2.96. The highest BCUT2D eigenvalue weighted by atomic mass is 79.9.